The van der Waals surface area contributed by atoms with Crippen LogP contribution in [0.25, 0.3) is 0 Å². The van der Waals surface area contributed by atoms with Gasteiger partial charge in [0.1, 0.15) is 0 Å². The van der Waals surface area contributed by atoms with Crippen molar-refractivity contribution >= 4 is 0 Å². The van der Waals surface area contributed by atoms with Gasteiger partial charge in [-0.1, -0.05) is 6.07 Å². The van der Waals surface area contributed by atoms with Crippen LogP contribution in [0.4, 0.5) is 4.39 Å². The third-order valence-electron chi connectivity index (χ3n) is 1.67. The summed E-state index contributed by atoms with van der Waals surface area (Å²) in [6, 6.07) is 3.38. The first kappa shape index (κ1) is 9.13. The van der Waals surface area contributed by atoms with Gasteiger partial charge in [0.15, 0.2) is 0 Å². The molecule has 0 bridgehead atoms. The van der Waals surface area contributed by atoms with Crippen molar-refractivity contribution in [3.8, 4) is 0 Å². The standard InChI is InChI=1S/C9H12FNO/c1-7(12)4-5-8-3-2-6-11-9(8)10/h2-3,6-7,12H,4-5H2,1H3/t7-/m0/s1. The number of aliphatic hydroxyl groups excluding tert-OH is 1. The SMILES string of the molecule is C[C@H](O)CCc1cccnc1F. The maximum Gasteiger partial charge on any atom is 0.216 e. The first-order valence-corrected chi connectivity index (χ1v) is 3.97. The Morgan fingerprint density at radius 1 is 1.67 bits per heavy atom. The van der Waals surface area contributed by atoms with Gasteiger partial charge in [-0.25, -0.2) is 4.98 Å². The molecule has 0 amide bonds. The van der Waals surface area contributed by atoms with E-state index in [-0.39, 0.29) is 6.10 Å². The number of aliphatic hydroxyl groups is 1. The van der Waals surface area contributed by atoms with E-state index in [2.05, 4.69) is 4.98 Å². The Labute approximate surface area is 71.1 Å². The third-order valence-corrected chi connectivity index (χ3v) is 1.67. The summed E-state index contributed by atoms with van der Waals surface area (Å²) in [5, 5.41) is 8.96. The van der Waals surface area contributed by atoms with Crippen molar-refractivity contribution in [2.45, 2.75) is 25.9 Å². The monoisotopic (exact) mass is 169 g/mol. The molecule has 0 saturated carbocycles. The highest BCUT2D eigenvalue weighted by Crippen LogP contribution is 2.07. The van der Waals surface area contributed by atoms with E-state index in [9.17, 15) is 4.39 Å². The van der Waals surface area contributed by atoms with Crippen LogP contribution in [-0.2, 0) is 6.42 Å². The maximum absolute atomic E-state index is 12.8. The molecule has 1 rings (SSSR count). The van der Waals surface area contributed by atoms with Gasteiger partial charge in [0, 0.05) is 11.8 Å². The van der Waals surface area contributed by atoms with Crippen LogP contribution in [0.3, 0.4) is 0 Å². The van der Waals surface area contributed by atoms with Crippen LogP contribution in [0.5, 0.6) is 0 Å². The highest BCUT2D eigenvalue weighted by atomic mass is 19.1. The van der Waals surface area contributed by atoms with Crippen LogP contribution in [0, 0.1) is 5.95 Å². The lowest BCUT2D eigenvalue weighted by Crippen LogP contribution is -2.03. The van der Waals surface area contributed by atoms with E-state index < -0.39 is 5.95 Å². The Bertz CT molecular complexity index is 250. The molecule has 3 heteroatoms. The molecule has 0 aliphatic rings. The molecule has 1 aromatic heterocycles. The molecule has 66 valence electrons. The largest absolute Gasteiger partial charge is 0.393 e. The van der Waals surface area contributed by atoms with E-state index in [1.807, 2.05) is 0 Å². The minimum atomic E-state index is -0.432. The molecule has 0 unspecified atom stereocenters. The minimum absolute atomic E-state index is 0.385. The Hall–Kier alpha value is -0.960. The predicted molar refractivity (Wildman–Crippen MR) is 44.2 cm³/mol. The molecule has 1 heterocycles. The number of nitrogens with zero attached hydrogens (tertiary/aromatic N) is 1. The Morgan fingerprint density at radius 3 is 3.00 bits per heavy atom. The fourth-order valence-electron chi connectivity index (χ4n) is 0.970. The Morgan fingerprint density at radius 2 is 2.42 bits per heavy atom. The van der Waals surface area contributed by atoms with Gasteiger partial charge in [-0.2, -0.15) is 4.39 Å². The van der Waals surface area contributed by atoms with Crippen LogP contribution < -0.4 is 0 Å². The van der Waals surface area contributed by atoms with E-state index in [1.165, 1.54) is 6.20 Å². The molecule has 0 aromatic carbocycles. The van der Waals surface area contributed by atoms with Crippen LogP contribution in [0.15, 0.2) is 18.3 Å². The molecular formula is C9H12FNO. The average Bonchev–Trinajstić information content (AvgIpc) is 2.03. The lowest BCUT2D eigenvalue weighted by Gasteiger charge is -2.03. The van der Waals surface area contributed by atoms with E-state index in [0.717, 1.165) is 0 Å². The molecule has 0 saturated heterocycles. The van der Waals surface area contributed by atoms with Gasteiger partial charge in [-0.05, 0) is 25.8 Å². The molecule has 0 fully saturated rings. The van der Waals surface area contributed by atoms with Crippen molar-refractivity contribution in [1.82, 2.24) is 4.98 Å². The maximum atomic E-state index is 12.8. The highest BCUT2D eigenvalue weighted by Gasteiger charge is 2.03. The molecule has 0 aliphatic heterocycles. The number of hydrogen-bond acceptors (Lipinski definition) is 2. The normalized spacial score (nSPS) is 12.9. The van der Waals surface area contributed by atoms with Gasteiger partial charge in [0.05, 0.1) is 6.10 Å². The molecule has 1 atom stereocenters. The number of hydrogen-bond donors (Lipinski definition) is 1. The second-order valence-corrected chi connectivity index (χ2v) is 2.84. The first-order valence-electron chi connectivity index (χ1n) is 3.97. The molecule has 1 aromatic rings. The summed E-state index contributed by atoms with van der Waals surface area (Å²) in [5.41, 5.74) is 0.568. The first-order chi connectivity index (χ1) is 5.70. The third kappa shape index (κ3) is 2.58. The number of rotatable bonds is 3. The summed E-state index contributed by atoms with van der Waals surface area (Å²) < 4.78 is 12.8. The molecular weight excluding hydrogens is 157 g/mol. The van der Waals surface area contributed by atoms with Crippen molar-refractivity contribution in [3.05, 3.63) is 29.8 Å². The van der Waals surface area contributed by atoms with Gasteiger partial charge in [0.25, 0.3) is 0 Å². The molecule has 0 aliphatic carbocycles. The van der Waals surface area contributed by atoms with Crippen LogP contribution >= 0.6 is 0 Å². The summed E-state index contributed by atoms with van der Waals surface area (Å²) in [6.07, 6.45) is 2.14. The quantitative estimate of drug-likeness (QED) is 0.696. The van der Waals surface area contributed by atoms with Crippen molar-refractivity contribution in [2.24, 2.45) is 0 Å². The van der Waals surface area contributed by atoms with Gasteiger partial charge < -0.3 is 5.11 Å². The number of aromatic nitrogens is 1. The lowest BCUT2D eigenvalue weighted by atomic mass is 10.1. The summed E-state index contributed by atoms with van der Waals surface area (Å²) in [4.78, 5) is 3.51. The molecule has 0 radical (unpaired) electrons. The molecule has 2 nitrogen and oxygen atoms in total. The van der Waals surface area contributed by atoms with Crippen LogP contribution in [0.1, 0.15) is 18.9 Å². The molecule has 0 spiro atoms. The van der Waals surface area contributed by atoms with Gasteiger partial charge >= 0.3 is 0 Å². The number of aryl methyl sites for hydroxylation is 1. The zero-order valence-electron chi connectivity index (χ0n) is 7.00. The average molecular weight is 169 g/mol. The fraction of sp³-hybridized carbons (Fsp3) is 0.444. The summed E-state index contributed by atoms with van der Waals surface area (Å²) >= 11 is 0. The highest BCUT2D eigenvalue weighted by molar-refractivity contribution is 5.10. The summed E-state index contributed by atoms with van der Waals surface area (Å²) in [5.74, 6) is -0.432. The van der Waals surface area contributed by atoms with E-state index >= 15 is 0 Å². The van der Waals surface area contributed by atoms with E-state index in [4.69, 9.17) is 5.11 Å². The van der Waals surface area contributed by atoms with Crippen molar-refractivity contribution in [1.29, 1.82) is 0 Å². The number of pyridine rings is 1. The van der Waals surface area contributed by atoms with Crippen LogP contribution in [-0.4, -0.2) is 16.2 Å². The van der Waals surface area contributed by atoms with Crippen molar-refractivity contribution in [3.63, 3.8) is 0 Å². The second kappa shape index (κ2) is 4.16. The van der Waals surface area contributed by atoms with E-state index in [1.54, 1.807) is 19.1 Å². The van der Waals surface area contributed by atoms with Gasteiger partial charge in [-0.15, -0.1) is 0 Å². The molecule has 12 heavy (non-hydrogen) atoms. The lowest BCUT2D eigenvalue weighted by molar-refractivity contribution is 0.184. The number of halogens is 1. The Balaban J connectivity index is 2.57. The predicted octanol–water partition coefficient (Wildman–Crippen LogP) is 1.53. The van der Waals surface area contributed by atoms with Crippen molar-refractivity contribution < 1.29 is 9.50 Å². The Kier molecular flexibility index (Phi) is 3.17. The smallest absolute Gasteiger partial charge is 0.216 e. The zero-order chi connectivity index (χ0) is 8.97. The fourth-order valence-corrected chi connectivity index (χ4v) is 0.970. The van der Waals surface area contributed by atoms with Crippen molar-refractivity contribution in [2.75, 3.05) is 0 Å². The topological polar surface area (TPSA) is 33.1 Å². The van der Waals surface area contributed by atoms with Gasteiger partial charge in [0.2, 0.25) is 5.95 Å². The summed E-state index contributed by atoms with van der Waals surface area (Å²) in [7, 11) is 0. The zero-order valence-corrected chi connectivity index (χ0v) is 7.00. The second-order valence-electron chi connectivity index (χ2n) is 2.84. The van der Waals surface area contributed by atoms with Crippen LogP contribution in [0.2, 0.25) is 0 Å². The summed E-state index contributed by atoms with van der Waals surface area (Å²) in [6.45, 7) is 1.69. The minimum Gasteiger partial charge on any atom is -0.393 e. The molecule has 1 N–H and O–H groups in total. The van der Waals surface area contributed by atoms with E-state index in [0.29, 0.717) is 18.4 Å². The van der Waals surface area contributed by atoms with Gasteiger partial charge in [-0.3, -0.25) is 0 Å².